The number of allylic oxidation sites excluding steroid dienone is 8. The van der Waals surface area contributed by atoms with Gasteiger partial charge in [-0.15, -0.1) is 0 Å². The lowest BCUT2D eigenvalue weighted by Gasteiger charge is -2.08. The van der Waals surface area contributed by atoms with Gasteiger partial charge in [0.2, 0.25) is 15.6 Å². The quantitative estimate of drug-likeness (QED) is 0.846. The maximum Gasteiger partial charge on any atom is 0.211 e. The van der Waals surface area contributed by atoms with Crippen LogP contribution in [-0.2, 0) is 9.84 Å². The van der Waals surface area contributed by atoms with Gasteiger partial charge in [-0.3, -0.25) is 10.0 Å². The van der Waals surface area contributed by atoms with Crippen molar-refractivity contribution < 1.29 is 18.4 Å². The maximum atomic E-state index is 12.3. The van der Waals surface area contributed by atoms with E-state index in [9.17, 15) is 13.2 Å². The van der Waals surface area contributed by atoms with Gasteiger partial charge in [0.05, 0.1) is 4.90 Å². The van der Waals surface area contributed by atoms with Crippen molar-refractivity contribution in [3.63, 3.8) is 0 Å². The molecule has 6 heteroatoms. The molecule has 5 nitrogen and oxygen atoms in total. The van der Waals surface area contributed by atoms with Crippen molar-refractivity contribution in [1.82, 2.24) is 5.06 Å². The number of ketones is 1. The Morgan fingerprint density at radius 2 is 1.65 bits per heavy atom. The molecule has 0 aliphatic carbocycles. The minimum Gasteiger partial charge on any atom is -0.288 e. The highest BCUT2D eigenvalue weighted by Gasteiger charge is 2.38. The summed E-state index contributed by atoms with van der Waals surface area (Å²) in [4.78, 5) is 12.0. The second kappa shape index (κ2) is 5.83. The van der Waals surface area contributed by atoms with Crippen LogP contribution in [0.4, 0.5) is 0 Å². The van der Waals surface area contributed by atoms with E-state index in [1.807, 2.05) is 0 Å². The number of fused-ring (bicyclic) bond motifs is 1. The monoisotopic (exact) mass is 327 g/mol. The Kier molecular flexibility index (Phi) is 3.85. The molecule has 0 amide bonds. The van der Waals surface area contributed by atoms with Crippen LogP contribution in [-0.4, -0.2) is 24.5 Å². The van der Waals surface area contributed by atoms with Gasteiger partial charge in [-0.05, 0) is 35.9 Å². The number of rotatable bonds is 2. The smallest absolute Gasteiger partial charge is 0.211 e. The predicted octanol–water partition coefficient (Wildman–Crippen LogP) is 2.76. The van der Waals surface area contributed by atoms with Crippen molar-refractivity contribution in [2.45, 2.75) is 4.90 Å². The summed E-state index contributed by atoms with van der Waals surface area (Å²) in [6, 6.07) is 6.19. The molecule has 0 aromatic heterocycles. The van der Waals surface area contributed by atoms with Crippen LogP contribution in [0.15, 0.2) is 88.5 Å². The number of carbonyl (C=O) groups excluding carboxylic acids is 1. The van der Waals surface area contributed by atoms with Crippen molar-refractivity contribution in [3.8, 4) is 0 Å². The molecular formula is C17H13NO4S. The van der Waals surface area contributed by atoms with Crippen LogP contribution in [0.5, 0.6) is 0 Å². The molecule has 2 heterocycles. The lowest BCUT2D eigenvalue weighted by atomic mass is 10.1. The third-order valence-electron chi connectivity index (χ3n) is 3.42. The lowest BCUT2D eigenvalue weighted by Crippen LogP contribution is -2.03. The van der Waals surface area contributed by atoms with Gasteiger partial charge in [0.25, 0.3) is 0 Å². The van der Waals surface area contributed by atoms with Crippen LogP contribution in [0.25, 0.3) is 0 Å². The molecule has 0 unspecified atom stereocenters. The highest BCUT2D eigenvalue weighted by Crippen LogP contribution is 2.33. The Balaban J connectivity index is 1.86. The van der Waals surface area contributed by atoms with E-state index in [0.29, 0.717) is 0 Å². The molecule has 1 aromatic rings. The second-order valence-electron chi connectivity index (χ2n) is 4.92. The van der Waals surface area contributed by atoms with E-state index >= 15 is 0 Å². The SMILES string of the molecule is O=C1/C(=C/C=C/C=C2C=CN(O)C=C2)S(=O)(=O)c2ccccc21. The summed E-state index contributed by atoms with van der Waals surface area (Å²) in [5.41, 5.74) is 1.04. The number of benzene rings is 1. The lowest BCUT2D eigenvalue weighted by molar-refractivity contribution is 0.0105. The van der Waals surface area contributed by atoms with Gasteiger partial charge in [0, 0.05) is 18.0 Å². The van der Waals surface area contributed by atoms with Gasteiger partial charge in [0.15, 0.2) is 0 Å². The van der Waals surface area contributed by atoms with Crippen molar-refractivity contribution in [3.05, 3.63) is 89.2 Å². The first-order chi connectivity index (χ1) is 11.0. The molecule has 0 atom stereocenters. The molecule has 0 fully saturated rings. The molecule has 1 N–H and O–H groups in total. The van der Waals surface area contributed by atoms with Gasteiger partial charge in [-0.25, -0.2) is 13.5 Å². The Hall–Kier alpha value is -2.70. The number of Topliss-reactive ketones (excluding diaryl/α,β-unsaturated/α-hetero) is 1. The molecule has 0 spiro atoms. The van der Waals surface area contributed by atoms with E-state index in [0.717, 1.165) is 10.6 Å². The maximum absolute atomic E-state index is 12.3. The van der Waals surface area contributed by atoms with Crippen molar-refractivity contribution in [1.29, 1.82) is 0 Å². The third-order valence-corrected chi connectivity index (χ3v) is 5.26. The molecule has 0 bridgehead atoms. The summed E-state index contributed by atoms with van der Waals surface area (Å²) >= 11 is 0. The van der Waals surface area contributed by atoms with Gasteiger partial charge in [-0.1, -0.05) is 30.4 Å². The Morgan fingerprint density at radius 3 is 2.35 bits per heavy atom. The zero-order valence-corrected chi connectivity index (χ0v) is 12.8. The zero-order valence-electron chi connectivity index (χ0n) is 12.0. The van der Waals surface area contributed by atoms with E-state index in [4.69, 9.17) is 5.21 Å². The zero-order chi connectivity index (χ0) is 16.4. The molecular weight excluding hydrogens is 314 g/mol. The van der Waals surface area contributed by atoms with Crippen LogP contribution >= 0.6 is 0 Å². The minimum absolute atomic E-state index is 0.0594. The van der Waals surface area contributed by atoms with E-state index in [2.05, 4.69) is 0 Å². The average Bonchev–Trinajstić information content (AvgIpc) is 2.74. The summed E-state index contributed by atoms with van der Waals surface area (Å²) in [5, 5.41) is 10.0. The molecule has 23 heavy (non-hydrogen) atoms. The molecule has 2 aliphatic rings. The molecule has 2 aliphatic heterocycles. The fraction of sp³-hybridized carbons (Fsp3) is 0. The van der Waals surface area contributed by atoms with E-state index in [1.54, 1.807) is 36.4 Å². The van der Waals surface area contributed by atoms with Crippen LogP contribution in [0.2, 0.25) is 0 Å². The van der Waals surface area contributed by atoms with E-state index in [-0.39, 0.29) is 15.4 Å². The molecule has 0 saturated heterocycles. The highest BCUT2D eigenvalue weighted by atomic mass is 32.2. The number of hydroxylamine groups is 2. The second-order valence-corrected chi connectivity index (χ2v) is 6.81. The normalized spacial score (nSPS) is 20.6. The van der Waals surface area contributed by atoms with E-state index < -0.39 is 15.6 Å². The highest BCUT2D eigenvalue weighted by molar-refractivity contribution is 7.97. The summed E-state index contributed by atoms with van der Waals surface area (Å²) < 4.78 is 24.7. The van der Waals surface area contributed by atoms with Crippen molar-refractivity contribution >= 4 is 15.6 Å². The fourth-order valence-electron chi connectivity index (χ4n) is 2.28. The van der Waals surface area contributed by atoms with Crippen LogP contribution in [0.1, 0.15) is 10.4 Å². The topological polar surface area (TPSA) is 74.7 Å². The first-order valence-corrected chi connectivity index (χ1v) is 8.29. The van der Waals surface area contributed by atoms with Gasteiger partial charge in [-0.2, -0.15) is 0 Å². The number of hydrogen-bond acceptors (Lipinski definition) is 5. The van der Waals surface area contributed by atoms with Gasteiger partial charge >= 0.3 is 0 Å². The summed E-state index contributed by atoms with van der Waals surface area (Å²) in [5.74, 6) is -0.480. The van der Waals surface area contributed by atoms with Crippen LogP contribution in [0, 0.1) is 0 Å². The summed E-state index contributed by atoms with van der Waals surface area (Å²) in [6.07, 6.45) is 12.5. The Bertz CT molecular complexity index is 902. The molecule has 116 valence electrons. The Morgan fingerprint density at radius 1 is 1.00 bits per heavy atom. The number of carbonyl (C=O) groups is 1. The van der Waals surface area contributed by atoms with Gasteiger partial charge < -0.3 is 0 Å². The first kappa shape index (κ1) is 15.2. The standard InChI is InChI=1S/C17H13NO4S/c19-17-14-6-2-4-7-15(14)23(21,22)16(17)8-3-1-5-13-9-11-18(20)12-10-13/h1-12,20H/b3-1+,16-8-. The van der Waals surface area contributed by atoms with Gasteiger partial charge in [0.1, 0.15) is 4.91 Å². The van der Waals surface area contributed by atoms with Crippen molar-refractivity contribution in [2.75, 3.05) is 0 Å². The number of sulfone groups is 1. The Labute approximate surface area is 133 Å². The van der Waals surface area contributed by atoms with Crippen molar-refractivity contribution in [2.24, 2.45) is 0 Å². The summed E-state index contributed by atoms with van der Waals surface area (Å²) in [7, 11) is -3.74. The van der Waals surface area contributed by atoms with Crippen LogP contribution in [0.3, 0.4) is 0 Å². The first-order valence-electron chi connectivity index (χ1n) is 6.81. The predicted molar refractivity (Wildman–Crippen MR) is 85.2 cm³/mol. The average molecular weight is 327 g/mol. The largest absolute Gasteiger partial charge is 0.288 e. The molecule has 3 rings (SSSR count). The fourth-order valence-corrected chi connectivity index (χ4v) is 3.83. The molecule has 1 aromatic carbocycles. The van der Waals surface area contributed by atoms with E-state index in [1.165, 1.54) is 36.7 Å². The summed E-state index contributed by atoms with van der Waals surface area (Å²) in [6.45, 7) is 0. The molecule has 0 saturated carbocycles. The molecule has 0 radical (unpaired) electrons. The van der Waals surface area contributed by atoms with Crippen LogP contribution < -0.4 is 0 Å². The number of nitrogens with zero attached hydrogens (tertiary/aromatic N) is 1. The minimum atomic E-state index is -3.74. The number of hydrogen-bond donors (Lipinski definition) is 1. The third kappa shape index (κ3) is 2.81.